The van der Waals surface area contributed by atoms with Crippen molar-refractivity contribution in [3.8, 4) is 11.5 Å². The Labute approximate surface area is 142 Å². The van der Waals surface area contributed by atoms with Crippen molar-refractivity contribution in [2.45, 2.75) is 6.42 Å². The van der Waals surface area contributed by atoms with Gasteiger partial charge in [0.15, 0.2) is 0 Å². The molecule has 0 aliphatic heterocycles. The number of benzene rings is 2. The fourth-order valence-electron chi connectivity index (χ4n) is 2.09. The molecule has 5 nitrogen and oxygen atoms in total. The van der Waals surface area contributed by atoms with Crippen LogP contribution in [0.25, 0.3) is 6.08 Å². The monoisotopic (exact) mass is 326 g/mol. The van der Waals surface area contributed by atoms with E-state index in [0.29, 0.717) is 6.54 Å². The third-order valence-corrected chi connectivity index (χ3v) is 3.46. The average molecular weight is 326 g/mol. The molecule has 0 saturated heterocycles. The van der Waals surface area contributed by atoms with Gasteiger partial charge in [-0.3, -0.25) is 0 Å². The number of methoxy groups -OCH3 is 2. The summed E-state index contributed by atoms with van der Waals surface area (Å²) in [5.41, 5.74) is 2.12. The van der Waals surface area contributed by atoms with Crippen molar-refractivity contribution in [3.63, 3.8) is 0 Å². The van der Waals surface area contributed by atoms with E-state index >= 15 is 0 Å². The summed E-state index contributed by atoms with van der Waals surface area (Å²) in [4.78, 5) is 11.7. The van der Waals surface area contributed by atoms with E-state index in [0.717, 1.165) is 29.0 Å². The lowest BCUT2D eigenvalue weighted by Crippen LogP contribution is -2.33. The maximum Gasteiger partial charge on any atom is 0.318 e. The Balaban J connectivity index is 1.69. The van der Waals surface area contributed by atoms with Gasteiger partial charge in [-0.2, -0.15) is 0 Å². The van der Waals surface area contributed by atoms with Crippen LogP contribution in [0.1, 0.15) is 11.1 Å². The molecule has 0 fully saturated rings. The van der Waals surface area contributed by atoms with E-state index in [1.807, 2.05) is 54.6 Å². The standard InChI is InChI=1S/C19H22N2O3/c1-23-17-7-3-15(4-8-17)11-13-20-19(22)21-14-12-16-5-9-18(24-2)10-6-16/h3-11,13H,12,14H2,1-2H3,(H2,20,21,22)/b13-11+. The molecule has 2 aromatic rings. The lowest BCUT2D eigenvalue weighted by molar-refractivity contribution is 0.244. The molecule has 0 spiro atoms. The zero-order chi connectivity index (χ0) is 17.2. The summed E-state index contributed by atoms with van der Waals surface area (Å²) in [5.74, 6) is 1.63. The van der Waals surface area contributed by atoms with Crippen LogP contribution in [0.5, 0.6) is 11.5 Å². The molecule has 126 valence electrons. The Morgan fingerprint density at radius 2 is 1.54 bits per heavy atom. The number of hydrogen-bond acceptors (Lipinski definition) is 3. The minimum atomic E-state index is -0.228. The molecule has 0 saturated carbocycles. The number of rotatable bonds is 7. The zero-order valence-electron chi connectivity index (χ0n) is 13.9. The summed E-state index contributed by atoms with van der Waals surface area (Å²) >= 11 is 0. The highest BCUT2D eigenvalue weighted by Crippen LogP contribution is 2.12. The lowest BCUT2D eigenvalue weighted by atomic mass is 10.1. The van der Waals surface area contributed by atoms with E-state index in [1.54, 1.807) is 20.4 Å². The predicted molar refractivity (Wildman–Crippen MR) is 95.3 cm³/mol. The molecule has 0 bridgehead atoms. The molecular weight excluding hydrogens is 304 g/mol. The van der Waals surface area contributed by atoms with Crippen molar-refractivity contribution in [2.75, 3.05) is 20.8 Å². The molecule has 2 aromatic carbocycles. The van der Waals surface area contributed by atoms with Gasteiger partial charge in [-0.25, -0.2) is 4.79 Å². The van der Waals surface area contributed by atoms with E-state index < -0.39 is 0 Å². The highest BCUT2D eigenvalue weighted by molar-refractivity contribution is 5.75. The van der Waals surface area contributed by atoms with E-state index in [2.05, 4.69) is 10.6 Å². The van der Waals surface area contributed by atoms with Crippen molar-refractivity contribution < 1.29 is 14.3 Å². The molecule has 0 aliphatic rings. The van der Waals surface area contributed by atoms with Crippen molar-refractivity contribution >= 4 is 12.1 Å². The highest BCUT2D eigenvalue weighted by Gasteiger charge is 1.98. The molecule has 2 amide bonds. The van der Waals surface area contributed by atoms with E-state index in [-0.39, 0.29) is 6.03 Å². The minimum absolute atomic E-state index is 0.228. The Hall–Kier alpha value is -2.95. The van der Waals surface area contributed by atoms with Gasteiger partial charge >= 0.3 is 6.03 Å². The van der Waals surface area contributed by atoms with E-state index in [4.69, 9.17) is 9.47 Å². The van der Waals surface area contributed by atoms with Crippen molar-refractivity contribution in [3.05, 3.63) is 65.9 Å². The van der Waals surface area contributed by atoms with Crippen LogP contribution in [0.4, 0.5) is 4.79 Å². The smallest absolute Gasteiger partial charge is 0.318 e. The Morgan fingerprint density at radius 3 is 2.12 bits per heavy atom. The molecule has 0 atom stereocenters. The molecule has 0 aromatic heterocycles. The van der Waals surface area contributed by atoms with Gasteiger partial charge in [0.1, 0.15) is 11.5 Å². The van der Waals surface area contributed by atoms with Gasteiger partial charge in [-0.15, -0.1) is 0 Å². The number of ether oxygens (including phenoxy) is 2. The largest absolute Gasteiger partial charge is 0.497 e. The summed E-state index contributed by atoms with van der Waals surface area (Å²) in [7, 11) is 3.27. The van der Waals surface area contributed by atoms with Gasteiger partial charge in [0.05, 0.1) is 14.2 Å². The maximum absolute atomic E-state index is 11.7. The summed E-state index contributed by atoms with van der Waals surface area (Å²) in [5, 5.41) is 5.49. The van der Waals surface area contributed by atoms with Crippen LogP contribution in [-0.2, 0) is 6.42 Å². The second-order valence-corrected chi connectivity index (χ2v) is 5.10. The third-order valence-electron chi connectivity index (χ3n) is 3.46. The van der Waals surface area contributed by atoms with Gasteiger partial charge in [0.25, 0.3) is 0 Å². The summed E-state index contributed by atoms with van der Waals surface area (Å²) in [6.07, 6.45) is 4.20. The SMILES string of the molecule is COc1ccc(/C=C/NC(=O)NCCc2ccc(OC)cc2)cc1. The van der Waals surface area contributed by atoms with Gasteiger partial charge in [0, 0.05) is 12.7 Å². The Bertz CT molecular complexity index is 664. The number of hydrogen-bond donors (Lipinski definition) is 2. The van der Waals surface area contributed by atoms with Crippen LogP contribution < -0.4 is 20.1 Å². The summed E-state index contributed by atoms with van der Waals surface area (Å²) in [6, 6.07) is 15.1. The predicted octanol–water partition coefficient (Wildman–Crippen LogP) is 3.22. The topological polar surface area (TPSA) is 59.6 Å². The van der Waals surface area contributed by atoms with Crippen molar-refractivity contribution in [2.24, 2.45) is 0 Å². The van der Waals surface area contributed by atoms with Gasteiger partial charge in [-0.1, -0.05) is 24.3 Å². The van der Waals surface area contributed by atoms with Gasteiger partial charge in [0.2, 0.25) is 0 Å². The molecular formula is C19H22N2O3. The maximum atomic E-state index is 11.7. The quantitative estimate of drug-likeness (QED) is 0.821. The molecule has 0 unspecified atom stereocenters. The second-order valence-electron chi connectivity index (χ2n) is 5.10. The van der Waals surface area contributed by atoms with E-state index in [9.17, 15) is 4.79 Å². The van der Waals surface area contributed by atoms with Crippen LogP contribution in [0.2, 0.25) is 0 Å². The van der Waals surface area contributed by atoms with Crippen molar-refractivity contribution in [1.82, 2.24) is 10.6 Å². The fraction of sp³-hybridized carbons (Fsp3) is 0.211. The number of carbonyl (C=O) groups excluding carboxylic acids is 1. The second kappa shape index (κ2) is 9.25. The highest BCUT2D eigenvalue weighted by atomic mass is 16.5. The first-order chi connectivity index (χ1) is 11.7. The molecule has 0 aliphatic carbocycles. The van der Waals surface area contributed by atoms with Crippen LogP contribution in [0, 0.1) is 0 Å². The molecule has 5 heteroatoms. The van der Waals surface area contributed by atoms with Crippen LogP contribution in [0.3, 0.4) is 0 Å². The summed E-state index contributed by atoms with van der Waals surface area (Å²) < 4.78 is 10.2. The van der Waals surface area contributed by atoms with E-state index in [1.165, 1.54) is 0 Å². The number of urea groups is 1. The van der Waals surface area contributed by atoms with Gasteiger partial charge in [-0.05, 0) is 47.9 Å². The first-order valence-electron chi connectivity index (χ1n) is 7.69. The minimum Gasteiger partial charge on any atom is -0.497 e. The van der Waals surface area contributed by atoms with Crippen molar-refractivity contribution in [1.29, 1.82) is 0 Å². The lowest BCUT2D eigenvalue weighted by Gasteiger charge is -2.06. The Morgan fingerprint density at radius 1 is 0.958 bits per heavy atom. The zero-order valence-corrected chi connectivity index (χ0v) is 13.9. The first kappa shape index (κ1) is 17.4. The van der Waals surface area contributed by atoms with Crippen LogP contribution >= 0.6 is 0 Å². The average Bonchev–Trinajstić information content (AvgIpc) is 2.63. The normalized spacial score (nSPS) is 10.4. The van der Waals surface area contributed by atoms with Crippen LogP contribution in [0.15, 0.2) is 54.7 Å². The first-order valence-corrected chi connectivity index (χ1v) is 7.69. The number of carbonyl (C=O) groups is 1. The fourth-order valence-corrected chi connectivity index (χ4v) is 2.09. The van der Waals surface area contributed by atoms with Gasteiger partial charge < -0.3 is 20.1 Å². The van der Waals surface area contributed by atoms with Crippen LogP contribution in [-0.4, -0.2) is 26.8 Å². The number of amides is 2. The molecule has 2 N–H and O–H groups in total. The number of nitrogens with one attached hydrogen (secondary N) is 2. The molecule has 0 heterocycles. The molecule has 24 heavy (non-hydrogen) atoms. The third kappa shape index (κ3) is 5.68. The molecule has 2 rings (SSSR count). The summed E-state index contributed by atoms with van der Waals surface area (Å²) in [6.45, 7) is 0.564. The Kier molecular flexibility index (Phi) is 6.71. The molecule has 0 radical (unpaired) electrons.